The van der Waals surface area contributed by atoms with Gasteiger partial charge in [-0.3, -0.25) is 9.72 Å². The lowest BCUT2D eigenvalue weighted by Gasteiger charge is -2.09. The number of amides is 2. The van der Waals surface area contributed by atoms with Gasteiger partial charge in [0.05, 0.1) is 7.11 Å². The maximum atomic E-state index is 14.1. The second kappa shape index (κ2) is 6.79. The number of hydrogen-bond donors (Lipinski definition) is 2. The molecule has 142 valence electrons. The van der Waals surface area contributed by atoms with E-state index in [1.54, 1.807) is 24.6 Å². The second-order valence-electron chi connectivity index (χ2n) is 5.58. The number of methoxy groups -OCH3 is 1. The van der Waals surface area contributed by atoms with Gasteiger partial charge in [-0.15, -0.1) is 0 Å². The van der Waals surface area contributed by atoms with Gasteiger partial charge in [-0.05, 0) is 25.5 Å². The number of rotatable bonds is 4. The van der Waals surface area contributed by atoms with Crippen LogP contribution in [0.3, 0.4) is 0 Å². The van der Waals surface area contributed by atoms with Crippen LogP contribution in [-0.4, -0.2) is 40.9 Å². The van der Waals surface area contributed by atoms with Gasteiger partial charge < -0.3 is 4.74 Å². The largest absolute Gasteiger partial charge is 0.481 e. The molecule has 27 heavy (non-hydrogen) atoms. The first-order chi connectivity index (χ1) is 12.7. The van der Waals surface area contributed by atoms with E-state index in [-0.39, 0.29) is 17.5 Å². The van der Waals surface area contributed by atoms with E-state index in [9.17, 15) is 17.6 Å². The molecule has 0 fully saturated rings. The van der Waals surface area contributed by atoms with E-state index in [0.29, 0.717) is 11.3 Å². The summed E-state index contributed by atoms with van der Waals surface area (Å²) in [6, 6.07) is 3.48. The number of hydrogen-bond acceptors (Lipinski definition) is 7. The van der Waals surface area contributed by atoms with Crippen molar-refractivity contribution in [3.05, 3.63) is 41.6 Å². The average Bonchev–Trinajstić information content (AvgIpc) is 2.89. The van der Waals surface area contributed by atoms with Gasteiger partial charge in [0.15, 0.2) is 0 Å². The Balaban J connectivity index is 1.89. The van der Waals surface area contributed by atoms with Gasteiger partial charge in [-0.1, -0.05) is 6.07 Å². The third-order valence-electron chi connectivity index (χ3n) is 3.43. The lowest BCUT2D eigenvalue weighted by Crippen LogP contribution is -2.36. The SMILES string of the molecule is COc1cc(C)nc(NC(=O)NS(=O)(=O)c2c(F)nc3ccc(C)cn23)n1. The highest BCUT2D eigenvalue weighted by atomic mass is 32.2. The predicted molar refractivity (Wildman–Crippen MR) is 92.5 cm³/mol. The molecular weight excluding hydrogens is 379 g/mol. The van der Waals surface area contributed by atoms with Crippen LogP contribution in [0.25, 0.3) is 5.65 Å². The Morgan fingerprint density at radius 3 is 2.67 bits per heavy atom. The Bertz CT molecular complexity index is 1140. The molecule has 3 aromatic rings. The van der Waals surface area contributed by atoms with Gasteiger partial charge in [0, 0.05) is 18.0 Å². The standard InChI is InChI=1S/C15H15FN6O4S/c1-8-4-5-10-18-12(16)13(22(10)7-8)27(24,25)21-15(23)20-14-17-9(2)6-11(19-14)26-3/h4-7H,1-3H3,(H2,17,19,20,21,23). The summed E-state index contributed by atoms with van der Waals surface area (Å²) in [6.07, 6.45) is 1.40. The van der Waals surface area contributed by atoms with Gasteiger partial charge in [0.25, 0.3) is 16.0 Å². The predicted octanol–water partition coefficient (Wildman–Crippen LogP) is 1.40. The molecule has 0 unspecified atom stereocenters. The van der Waals surface area contributed by atoms with E-state index in [0.717, 1.165) is 4.40 Å². The molecule has 0 aromatic carbocycles. The summed E-state index contributed by atoms with van der Waals surface area (Å²) in [5, 5.41) is 1.39. The third kappa shape index (κ3) is 3.79. The number of carbonyl (C=O) groups excluding carboxylic acids is 1. The van der Waals surface area contributed by atoms with Crippen molar-refractivity contribution in [1.29, 1.82) is 0 Å². The summed E-state index contributed by atoms with van der Waals surface area (Å²) in [5.74, 6) is -1.22. The lowest BCUT2D eigenvalue weighted by molar-refractivity contribution is 0.256. The van der Waals surface area contributed by atoms with Crippen molar-refractivity contribution in [2.24, 2.45) is 0 Å². The molecule has 0 saturated heterocycles. The normalized spacial score (nSPS) is 11.4. The van der Waals surface area contributed by atoms with Crippen LogP contribution in [0.5, 0.6) is 5.88 Å². The minimum atomic E-state index is -4.56. The van der Waals surface area contributed by atoms with Gasteiger partial charge >= 0.3 is 6.03 Å². The Labute approximate surface area is 153 Å². The number of imidazole rings is 1. The van der Waals surface area contributed by atoms with E-state index in [2.05, 4.69) is 20.3 Å². The quantitative estimate of drug-likeness (QED) is 0.684. The smallest absolute Gasteiger partial charge is 0.335 e. The van der Waals surface area contributed by atoms with Crippen LogP contribution in [0.2, 0.25) is 0 Å². The number of ether oxygens (including phenoxy) is 1. The minimum absolute atomic E-state index is 0.0886. The van der Waals surface area contributed by atoms with Crippen LogP contribution in [0, 0.1) is 19.8 Å². The number of pyridine rings is 1. The van der Waals surface area contributed by atoms with Crippen molar-refractivity contribution in [2.75, 3.05) is 12.4 Å². The summed E-state index contributed by atoms with van der Waals surface area (Å²) < 4.78 is 46.8. The number of carbonyl (C=O) groups is 1. The van der Waals surface area contributed by atoms with Crippen LogP contribution >= 0.6 is 0 Å². The topological polar surface area (TPSA) is 128 Å². The van der Waals surface area contributed by atoms with Crippen LogP contribution < -0.4 is 14.8 Å². The van der Waals surface area contributed by atoms with E-state index in [4.69, 9.17) is 4.74 Å². The molecule has 10 nitrogen and oxygen atoms in total. The fourth-order valence-corrected chi connectivity index (χ4v) is 3.40. The minimum Gasteiger partial charge on any atom is -0.481 e. The molecule has 0 saturated carbocycles. The first-order valence-corrected chi connectivity index (χ1v) is 9.05. The molecule has 3 aromatic heterocycles. The number of urea groups is 1. The zero-order valence-corrected chi connectivity index (χ0v) is 15.3. The van der Waals surface area contributed by atoms with Crippen molar-refractivity contribution >= 4 is 27.6 Å². The number of fused-ring (bicyclic) bond motifs is 1. The van der Waals surface area contributed by atoms with Crippen molar-refractivity contribution < 1.29 is 22.3 Å². The number of anilines is 1. The molecule has 12 heteroatoms. The molecule has 3 heterocycles. The summed E-state index contributed by atoms with van der Waals surface area (Å²) in [5.41, 5.74) is 1.26. The number of nitrogens with zero attached hydrogens (tertiary/aromatic N) is 4. The number of halogens is 1. The van der Waals surface area contributed by atoms with Crippen molar-refractivity contribution in [3.63, 3.8) is 0 Å². The Hall–Kier alpha value is -3.28. The molecule has 0 spiro atoms. The number of aryl methyl sites for hydroxylation is 2. The maximum Gasteiger partial charge on any atom is 0.335 e. The van der Waals surface area contributed by atoms with Crippen LogP contribution in [0.15, 0.2) is 29.4 Å². The van der Waals surface area contributed by atoms with E-state index < -0.39 is 27.0 Å². The Morgan fingerprint density at radius 2 is 1.96 bits per heavy atom. The molecule has 2 N–H and O–H groups in total. The lowest BCUT2D eigenvalue weighted by atomic mass is 10.3. The number of sulfonamides is 1. The van der Waals surface area contributed by atoms with Gasteiger partial charge in [0.2, 0.25) is 16.9 Å². The highest BCUT2D eigenvalue weighted by Gasteiger charge is 2.28. The molecule has 0 aliphatic rings. The van der Waals surface area contributed by atoms with E-state index in [1.165, 1.54) is 25.4 Å². The average molecular weight is 394 g/mol. The highest BCUT2D eigenvalue weighted by molar-refractivity contribution is 7.90. The number of nitrogens with one attached hydrogen (secondary N) is 2. The molecule has 0 aliphatic carbocycles. The van der Waals surface area contributed by atoms with Gasteiger partial charge in [0.1, 0.15) is 5.65 Å². The molecule has 2 amide bonds. The van der Waals surface area contributed by atoms with Crippen molar-refractivity contribution in [1.82, 2.24) is 24.1 Å². The fraction of sp³-hybridized carbons (Fsp3) is 0.200. The molecule has 0 radical (unpaired) electrons. The van der Waals surface area contributed by atoms with Gasteiger partial charge in [-0.25, -0.2) is 14.5 Å². The summed E-state index contributed by atoms with van der Waals surface area (Å²) >= 11 is 0. The summed E-state index contributed by atoms with van der Waals surface area (Å²) in [4.78, 5) is 23.4. The van der Waals surface area contributed by atoms with E-state index in [1.807, 2.05) is 0 Å². The zero-order chi connectivity index (χ0) is 19.8. The highest BCUT2D eigenvalue weighted by Crippen LogP contribution is 2.18. The Kier molecular flexibility index (Phi) is 4.66. The zero-order valence-electron chi connectivity index (χ0n) is 14.5. The molecular formula is C15H15FN6O4S. The van der Waals surface area contributed by atoms with E-state index >= 15 is 0 Å². The summed E-state index contributed by atoms with van der Waals surface area (Å²) in [7, 11) is -3.18. The molecule has 0 bridgehead atoms. The summed E-state index contributed by atoms with van der Waals surface area (Å²) in [6.45, 7) is 3.34. The van der Waals surface area contributed by atoms with Crippen molar-refractivity contribution in [3.8, 4) is 5.88 Å². The first kappa shape index (κ1) is 18.5. The molecule has 0 aliphatic heterocycles. The van der Waals surface area contributed by atoms with Crippen LogP contribution in [-0.2, 0) is 10.0 Å². The Morgan fingerprint density at radius 1 is 1.22 bits per heavy atom. The second-order valence-corrected chi connectivity index (χ2v) is 7.18. The monoisotopic (exact) mass is 394 g/mol. The van der Waals surface area contributed by atoms with Gasteiger partial charge in [-0.2, -0.15) is 22.8 Å². The van der Waals surface area contributed by atoms with Crippen LogP contribution in [0.4, 0.5) is 15.1 Å². The molecule has 0 atom stereocenters. The van der Waals surface area contributed by atoms with Crippen molar-refractivity contribution in [2.45, 2.75) is 18.9 Å². The fourth-order valence-electron chi connectivity index (χ4n) is 2.34. The third-order valence-corrected chi connectivity index (χ3v) is 4.76. The first-order valence-electron chi connectivity index (χ1n) is 7.57. The van der Waals surface area contributed by atoms with Crippen LogP contribution in [0.1, 0.15) is 11.3 Å². The molecule has 3 rings (SSSR count). The number of aromatic nitrogens is 4. The maximum absolute atomic E-state index is 14.1.